The summed E-state index contributed by atoms with van der Waals surface area (Å²) in [6.07, 6.45) is 6.60. The number of nitrogens with zero attached hydrogens (tertiary/aromatic N) is 4. The molecule has 0 aliphatic heterocycles. The number of aryl methyl sites for hydroxylation is 1. The molecule has 0 amide bonds. The van der Waals surface area contributed by atoms with Crippen LogP contribution in [0.5, 0.6) is 0 Å². The highest BCUT2D eigenvalue weighted by atomic mass is 16.5. The number of benzene rings is 1. The molecule has 4 aromatic rings. The second-order valence-corrected chi connectivity index (χ2v) is 6.62. The first-order valence-electron chi connectivity index (χ1n) is 8.66. The van der Waals surface area contributed by atoms with Crippen molar-refractivity contribution in [3.05, 3.63) is 48.0 Å². The average molecular weight is 361 g/mol. The molecule has 0 saturated carbocycles. The Hall–Kier alpha value is -3.55. The van der Waals surface area contributed by atoms with Gasteiger partial charge < -0.3 is 14.6 Å². The minimum Gasteiger partial charge on any atom is -0.481 e. The first-order valence-corrected chi connectivity index (χ1v) is 8.66. The Labute approximate surface area is 153 Å². The van der Waals surface area contributed by atoms with Gasteiger partial charge in [-0.3, -0.25) is 9.78 Å². The van der Waals surface area contributed by atoms with Gasteiger partial charge in [0.15, 0.2) is 0 Å². The minimum absolute atomic E-state index is 0.0433. The summed E-state index contributed by atoms with van der Waals surface area (Å²) in [6, 6.07) is 5.92. The van der Waals surface area contributed by atoms with Gasteiger partial charge in [-0.05, 0) is 36.6 Å². The summed E-state index contributed by atoms with van der Waals surface area (Å²) >= 11 is 0. The number of aliphatic carboxylic acids is 1. The van der Waals surface area contributed by atoms with Crippen molar-refractivity contribution in [3.8, 4) is 23.0 Å². The van der Waals surface area contributed by atoms with Crippen molar-refractivity contribution in [2.45, 2.75) is 25.2 Å². The molecule has 8 heteroatoms. The molecule has 8 nitrogen and oxygen atoms in total. The van der Waals surface area contributed by atoms with Crippen molar-refractivity contribution >= 4 is 16.9 Å². The van der Waals surface area contributed by atoms with Crippen molar-refractivity contribution in [1.29, 1.82) is 0 Å². The molecule has 134 valence electrons. The lowest BCUT2D eigenvalue weighted by molar-refractivity contribution is -0.137. The zero-order valence-electron chi connectivity index (χ0n) is 14.2. The summed E-state index contributed by atoms with van der Waals surface area (Å²) in [5.74, 6) is 0.0731. The molecule has 0 radical (unpaired) electrons. The lowest BCUT2D eigenvalue weighted by atomic mass is 10.0. The number of nitrogens with one attached hydrogen (secondary N) is 1. The quantitative estimate of drug-likeness (QED) is 0.573. The van der Waals surface area contributed by atoms with Crippen LogP contribution in [-0.4, -0.2) is 36.2 Å². The summed E-state index contributed by atoms with van der Waals surface area (Å²) in [7, 11) is 0. The largest absolute Gasteiger partial charge is 0.481 e. The Morgan fingerprint density at radius 3 is 3.07 bits per heavy atom. The number of carbonyl (C=O) groups is 1. The van der Waals surface area contributed by atoms with Gasteiger partial charge in [-0.1, -0.05) is 5.16 Å². The highest BCUT2D eigenvalue weighted by molar-refractivity contribution is 5.89. The smallest absolute Gasteiger partial charge is 0.304 e. The lowest BCUT2D eigenvalue weighted by Gasteiger charge is -2.05. The number of aromatic nitrogens is 5. The van der Waals surface area contributed by atoms with Gasteiger partial charge in [0.05, 0.1) is 12.6 Å². The van der Waals surface area contributed by atoms with E-state index in [1.165, 1.54) is 5.56 Å². The van der Waals surface area contributed by atoms with E-state index in [-0.39, 0.29) is 12.3 Å². The second-order valence-electron chi connectivity index (χ2n) is 6.62. The van der Waals surface area contributed by atoms with E-state index in [0.717, 1.165) is 35.0 Å². The first kappa shape index (κ1) is 15.7. The van der Waals surface area contributed by atoms with Crippen LogP contribution < -0.4 is 0 Å². The third-order valence-corrected chi connectivity index (χ3v) is 4.98. The first-order chi connectivity index (χ1) is 13.2. The number of fused-ring (bicyclic) bond motifs is 3. The van der Waals surface area contributed by atoms with Gasteiger partial charge in [-0.25, -0.2) is 4.98 Å². The second kappa shape index (κ2) is 6.01. The van der Waals surface area contributed by atoms with Crippen LogP contribution in [-0.2, 0) is 11.2 Å². The third kappa shape index (κ3) is 2.66. The highest BCUT2D eigenvalue weighted by Gasteiger charge is 2.28. The average Bonchev–Trinajstić information content (AvgIpc) is 3.38. The lowest BCUT2D eigenvalue weighted by Crippen LogP contribution is -2.03. The monoisotopic (exact) mass is 361 g/mol. The molecule has 1 aliphatic carbocycles. The van der Waals surface area contributed by atoms with Crippen molar-refractivity contribution < 1.29 is 14.4 Å². The molecule has 1 aliphatic rings. The predicted octanol–water partition coefficient (Wildman–Crippen LogP) is 3.18. The summed E-state index contributed by atoms with van der Waals surface area (Å²) in [6.45, 7) is 0. The van der Waals surface area contributed by atoms with E-state index in [9.17, 15) is 4.79 Å². The SMILES string of the molecule is O=C(O)CC1CCc2c1[nH]c1ccc(-c3noc(-c4cnccn4)n3)cc21. The zero-order chi connectivity index (χ0) is 18.4. The molecule has 3 heterocycles. The standard InChI is InChI=1S/C19H15N5O3/c25-16(26)8-10-1-3-12-13-7-11(2-4-14(13)22-17(10)12)18-23-19(27-24-18)15-9-20-5-6-21-15/h2,4-7,9-10,22H,1,3,8H2,(H,25,26). The predicted molar refractivity (Wildman–Crippen MR) is 95.9 cm³/mol. The van der Waals surface area contributed by atoms with Crippen molar-refractivity contribution in [1.82, 2.24) is 25.1 Å². The molecule has 1 unspecified atom stereocenters. The molecule has 3 aromatic heterocycles. The number of rotatable bonds is 4. The van der Waals surface area contributed by atoms with Crippen LogP contribution in [0, 0.1) is 0 Å². The summed E-state index contributed by atoms with van der Waals surface area (Å²) < 4.78 is 5.32. The molecule has 1 aromatic carbocycles. The van der Waals surface area contributed by atoms with Crippen LogP contribution in [0.2, 0.25) is 0 Å². The fraction of sp³-hybridized carbons (Fsp3) is 0.211. The van der Waals surface area contributed by atoms with Crippen molar-refractivity contribution in [3.63, 3.8) is 0 Å². The number of aromatic amines is 1. The number of carboxylic acids is 1. The normalized spacial score (nSPS) is 15.9. The molecular weight excluding hydrogens is 346 g/mol. The fourth-order valence-electron chi connectivity index (χ4n) is 3.76. The molecule has 2 N–H and O–H groups in total. The molecule has 5 rings (SSSR count). The van der Waals surface area contributed by atoms with Gasteiger partial charge >= 0.3 is 5.97 Å². The van der Waals surface area contributed by atoms with E-state index >= 15 is 0 Å². The Balaban J connectivity index is 1.53. The van der Waals surface area contributed by atoms with Gasteiger partial charge in [-0.2, -0.15) is 4.98 Å². The van der Waals surface area contributed by atoms with Gasteiger partial charge in [-0.15, -0.1) is 0 Å². The van der Waals surface area contributed by atoms with E-state index in [2.05, 4.69) is 25.1 Å². The summed E-state index contributed by atoms with van der Waals surface area (Å²) in [4.78, 5) is 27.1. The van der Waals surface area contributed by atoms with Gasteiger partial charge in [0, 0.05) is 40.5 Å². The van der Waals surface area contributed by atoms with E-state index in [1.807, 2.05) is 18.2 Å². The van der Waals surface area contributed by atoms with E-state index in [4.69, 9.17) is 9.63 Å². The number of hydrogen-bond donors (Lipinski definition) is 2. The highest BCUT2D eigenvalue weighted by Crippen LogP contribution is 2.40. The van der Waals surface area contributed by atoms with Gasteiger partial charge in [0.1, 0.15) is 5.69 Å². The molecule has 27 heavy (non-hydrogen) atoms. The molecule has 0 fully saturated rings. The maximum absolute atomic E-state index is 11.1. The van der Waals surface area contributed by atoms with Crippen LogP contribution in [0.3, 0.4) is 0 Å². The van der Waals surface area contributed by atoms with Crippen molar-refractivity contribution in [2.75, 3.05) is 0 Å². The third-order valence-electron chi connectivity index (χ3n) is 4.98. The van der Waals surface area contributed by atoms with Crippen LogP contribution in [0.15, 0.2) is 41.3 Å². The number of hydrogen-bond acceptors (Lipinski definition) is 6. The maximum atomic E-state index is 11.1. The van der Waals surface area contributed by atoms with Crippen molar-refractivity contribution in [2.24, 2.45) is 0 Å². The minimum atomic E-state index is -0.768. The molecular formula is C19H15N5O3. The van der Waals surface area contributed by atoms with Crippen LogP contribution >= 0.6 is 0 Å². The van der Waals surface area contributed by atoms with Crippen LogP contribution in [0.4, 0.5) is 0 Å². The number of carboxylic acid groups (broad SMARTS) is 1. The zero-order valence-corrected chi connectivity index (χ0v) is 14.2. The van der Waals surface area contributed by atoms with E-state index in [1.54, 1.807) is 18.6 Å². The molecule has 0 spiro atoms. The number of H-pyrrole nitrogens is 1. The van der Waals surface area contributed by atoms with Crippen LogP contribution in [0.25, 0.3) is 33.9 Å². The topological polar surface area (TPSA) is 118 Å². The van der Waals surface area contributed by atoms with Gasteiger partial charge in [0.2, 0.25) is 5.82 Å². The molecule has 0 bridgehead atoms. The Morgan fingerprint density at radius 1 is 1.33 bits per heavy atom. The summed E-state index contributed by atoms with van der Waals surface area (Å²) in [5.41, 5.74) is 4.59. The van der Waals surface area contributed by atoms with Gasteiger partial charge in [0.25, 0.3) is 5.89 Å². The molecule has 1 atom stereocenters. The van der Waals surface area contributed by atoms with Crippen LogP contribution in [0.1, 0.15) is 30.0 Å². The molecule has 0 saturated heterocycles. The fourth-order valence-corrected chi connectivity index (χ4v) is 3.76. The Kier molecular flexibility index (Phi) is 3.49. The van der Waals surface area contributed by atoms with E-state index in [0.29, 0.717) is 17.4 Å². The Morgan fingerprint density at radius 2 is 2.26 bits per heavy atom. The Bertz CT molecular complexity index is 1150. The maximum Gasteiger partial charge on any atom is 0.304 e. The van der Waals surface area contributed by atoms with E-state index < -0.39 is 5.97 Å². The summed E-state index contributed by atoms with van der Waals surface area (Å²) in [5, 5.41) is 14.3.